The molecule has 0 radical (unpaired) electrons. The predicted molar refractivity (Wildman–Crippen MR) is 91.9 cm³/mol. The first-order valence-electron chi connectivity index (χ1n) is 9.61. The fourth-order valence-electron chi connectivity index (χ4n) is 4.50. The summed E-state index contributed by atoms with van der Waals surface area (Å²) >= 11 is 0. The molecule has 1 aromatic heterocycles. The van der Waals surface area contributed by atoms with Crippen molar-refractivity contribution in [1.82, 2.24) is 24.6 Å². The van der Waals surface area contributed by atoms with E-state index >= 15 is 0 Å². The summed E-state index contributed by atoms with van der Waals surface area (Å²) < 4.78 is 2.25. The van der Waals surface area contributed by atoms with Crippen LogP contribution in [-0.4, -0.2) is 55.8 Å². The van der Waals surface area contributed by atoms with Gasteiger partial charge >= 0.3 is 6.03 Å². The minimum absolute atomic E-state index is 0.233. The van der Waals surface area contributed by atoms with Gasteiger partial charge in [-0.3, -0.25) is 0 Å². The van der Waals surface area contributed by atoms with E-state index in [-0.39, 0.29) is 6.03 Å². The van der Waals surface area contributed by atoms with Gasteiger partial charge in [0.15, 0.2) is 0 Å². The first-order valence-corrected chi connectivity index (χ1v) is 9.61. The number of hydrogen-bond acceptors (Lipinski definition) is 3. The van der Waals surface area contributed by atoms with E-state index in [4.69, 9.17) is 0 Å². The van der Waals surface area contributed by atoms with Crippen molar-refractivity contribution in [3.8, 4) is 0 Å². The SMILES string of the molecule is CC1CCCC(C)N1C(=O)N1CCCC(c2nncn2C2CC2)C1. The standard InChI is InChI=1S/C18H29N5O/c1-13-5-3-6-14(2)23(13)18(24)21-10-4-7-15(11-21)17-20-19-12-22(17)16-8-9-16/h12-16H,3-11H2,1-2H3. The van der Waals surface area contributed by atoms with Gasteiger partial charge in [0.25, 0.3) is 0 Å². The topological polar surface area (TPSA) is 54.3 Å². The molecule has 24 heavy (non-hydrogen) atoms. The van der Waals surface area contributed by atoms with Gasteiger partial charge in [0.05, 0.1) is 0 Å². The number of carbonyl (C=O) groups excluding carboxylic acids is 1. The van der Waals surface area contributed by atoms with Crippen molar-refractivity contribution in [3.05, 3.63) is 12.2 Å². The molecular formula is C18H29N5O. The molecule has 1 saturated carbocycles. The lowest BCUT2D eigenvalue weighted by molar-refractivity contribution is 0.0837. The van der Waals surface area contributed by atoms with Gasteiger partial charge in [-0.1, -0.05) is 0 Å². The summed E-state index contributed by atoms with van der Waals surface area (Å²) in [5.74, 6) is 1.43. The molecule has 132 valence electrons. The van der Waals surface area contributed by atoms with Gasteiger partial charge in [-0.2, -0.15) is 0 Å². The van der Waals surface area contributed by atoms with E-state index in [9.17, 15) is 4.79 Å². The van der Waals surface area contributed by atoms with Crippen LogP contribution < -0.4 is 0 Å². The van der Waals surface area contributed by atoms with Crippen LogP contribution in [-0.2, 0) is 0 Å². The fraction of sp³-hybridized carbons (Fsp3) is 0.833. The van der Waals surface area contributed by atoms with Gasteiger partial charge < -0.3 is 14.4 Å². The average molecular weight is 331 g/mol. The Hall–Kier alpha value is -1.59. The van der Waals surface area contributed by atoms with E-state index < -0.39 is 0 Å². The smallest absolute Gasteiger partial charge is 0.320 e. The normalized spacial score (nSPS) is 31.3. The molecule has 0 N–H and O–H groups in total. The molecule has 0 aromatic carbocycles. The summed E-state index contributed by atoms with van der Waals surface area (Å²) in [7, 11) is 0. The van der Waals surface area contributed by atoms with Gasteiger partial charge in [-0.25, -0.2) is 4.79 Å². The molecule has 6 nitrogen and oxygen atoms in total. The molecule has 2 aliphatic heterocycles. The molecule has 6 heteroatoms. The number of piperidine rings is 2. The largest absolute Gasteiger partial charge is 0.324 e. The van der Waals surface area contributed by atoms with E-state index in [1.54, 1.807) is 0 Å². The lowest BCUT2D eigenvalue weighted by Gasteiger charge is -2.43. The second-order valence-electron chi connectivity index (χ2n) is 7.93. The quantitative estimate of drug-likeness (QED) is 0.836. The molecule has 2 saturated heterocycles. The van der Waals surface area contributed by atoms with Gasteiger partial charge in [0.1, 0.15) is 12.2 Å². The molecule has 3 atom stereocenters. The Morgan fingerprint density at radius 1 is 1.08 bits per heavy atom. The highest BCUT2D eigenvalue weighted by Gasteiger charge is 2.36. The minimum Gasteiger partial charge on any atom is -0.324 e. The highest BCUT2D eigenvalue weighted by Crippen LogP contribution is 2.38. The maximum atomic E-state index is 13.1. The van der Waals surface area contributed by atoms with Crippen molar-refractivity contribution in [2.24, 2.45) is 0 Å². The Bertz CT molecular complexity index is 586. The van der Waals surface area contributed by atoms with Crippen molar-refractivity contribution in [2.75, 3.05) is 13.1 Å². The van der Waals surface area contributed by atoms with Gasteiger partial charge in [0, 0.05) is 37.1 Å². The second-order valence-corrected chi connectivity index (χ2v) is 7.93. The van der Waals surface area contributed by atoms with Gasteiger partial charge in [0.2, 0.25) is 0 Å². The number of likely N-dealkylation sites (tertiary alicyclic amines) is 2. The molecule has 3 unspecified atom stereocenters. The molecule has 4 rings (SSSR count). The van der Waals surface area contributed by atoms with Crippen LogP contribution in [0.2, 0.25) is 0 Å². The van der Waals surface area contributed by atoms with Crippen molar-refractivity contribution in [3.63, 3.8) is 0 Å². The molecule has 3 heterocycles. The third-order valence-corrected chi connectivity index (χ3v) is 6.01. The first kappa shape index (κ1) is 15.9. The summed E-state index contributed by atoms with van der Waals surface area (Å²) in [5, 5.41) is 8.54. The van der Waals surface area contributed by atoms with Gasteiger partial charge in [-0.05, 0) is 58.8 Å². The fourth-order valence-corrected chi connectivity index (χ4v) is 4.50. The van der Waals surface area contributed by atoms with E-state index in [1.807, 2.05) is 6.33 Å². The van der Waals surface area contributed by atoms with Crippen LogP contribution in [0.1, 0.15) is 76.6 Å². The van der Waals surface area contributed by atoms with Crippen LogP contribution in [0.15, 0.2) is 6.33 Å². The number of urea groups is 1. The summed E-state index contributed by atoms with van der Waals surface area (Å²) in [5.41, 5.74) is 0. The molecular weight excluding hydrogens is 302 g/mol. The number of amides is 2. The number of nitrogens with zero attached hydrogens (tertiary/aromatic N) is 5. The Kier molecular flexibility index (Phi) is 4.22. The number of hydrogen-bond donors (Lipinski definition) is 0. The van der Waals surface area contributed by atoms with E-state index in [2.05, 4.69) is 38.4 Å². The zero-order valence-corrected chi connectivity index (χ0v) is 14.9. The number of rotatable bonds is 2. The summed E-state index contributed by atoms with van der Waals surface area (Å²) in [4.78, 5) is 17.3. The number of carbonyl (C=O) groups is 1. The van der Waals surface area contributed by atoms with E-state index in [0.717, 1.165) is 44.6 Å². The maximum Gasteiger partial charge on any atom is 0.320 e. The molecule has 3 aliphatic rings. The highest BCUT2D eigenvalue weighted by atomic mass is 16.2. The Morgan fingerprint density at radius 3 is 2.54 bits per heavy atom. The van der Waals surface area contributed by atoms with Crippen LogP contribution in [0.25, 0.3) is 0 Å². The third kappa shape index (κ3) is 2.91. The average Bonchev–Trinajstić information content (AvgIpc) is 3.31. The van der Waals surface area contributed by atoms with Crippen LogP contribution >= 0.6 is 0 Å². The lowest BCUT2D eigenvalue weighted by atomic mass is 9.95. The Morgan fingerprint density at radius 2 is 1.83 bits per heavy atom. The lowest BCUT2D eigenvalue weighted by Crippen LogP contribution is -2.54. The molecule has 0 bridgehead atoms. The molecule has 1 aromatic rings. The summed E-state index contributed by atoms with van der Waals surface area (Å²) in [6.45, 7) is 6.06. The minimum atomic E-state index is 0.233. The van der Waals surface area contributed by atoms with Crippen molar-refractivity contribution in [1.29, 1.82) is 0 Å². The molecule has 3 fully saturated rings. The van der Waals surface area contributed by atoms with E-state index in [0.29, 0.717) is 24.0 Å². The molecule has 2 amide bonds. The van der Waals surface area contributed by atoms with Crippen LogP contribution in [0.3, 0.4) is 0 Å². The van der Waals surface area contributed by atoms with Crippen LogP contribution in [0.4, 0.5) is 4.79 Å². The first-order chi connectivity index (χ1) is 11.6. The van der Waals surface area contributed by atoms with Crippen LogP contribution in [0, 0.1) is 0 Å². The van der Waals surface area contributed by atoms with E-state index in [1.165, 1.54) is 19.3 Å². The Labute approximate surface area is 144 Å². The van der Waals surface area contributed by atoms with Crippen LogP contribution in [0.5, 0.6) is 0 Å². The maximum absolute atomic E-state index is 13.1. The highest BCUT2D eigenvalue weighted by molar-refractivity contribution is 5.75. The molecule has 1 aliphatic carbocycles. The zero-order valence-electron chi connectivity index (χ0n) is 14.9. The number of aromatic nitrogens is 3. The zero-order chi connectivity index (χ0) is 16.7. The third-order valence-electron chi connectivity index (χ3n) is 6.01. The summed E-state index contributed by atoms with van der Waals surface area (Å²) in [6, 6.07) is 1.55. The predicted octanol–water partition coefficient (Wildman–Crippen LogP) is 3.18. The van der Waals surface area contributed by atoms with Gasteiger partial charge in [-0.15, -0.1) is 10.2 Å². The van der Waals surface area contributed by atoms with Crippen molar-refractivity contribution in [2.45, 2.75) is 82.8 Å². The van der Waals surface area contributed by atoms with Crippen molar-refractivity contribution >= 4 is 6.03 Å². The van der Waals surface area contributed by atoms with Crippen molar-refractivity contribution < 1.29 is 4.79 Å². The summed E-state index contributed by atoms with van der Waals surface area (Å²) in [6.07, 6.45) is 10.0. The Balaban J connectivity index is 1.48. The molecule has 0 spiro atoms. The second kappa shape index (κ2) is 6.37. The monoisotopic (exact) mass is 331 g/mol.